The van der Waals surface area contributed by atoms with Crippen molar-refractivity contribution in [2.75, 3.05) is 19.7 Å². The summed E-state index contributed by atoms with van der Waals surface area (Å²) in [4.78, 5) is 19.4. The highest BCUT2D eigenvalue weighted by Gasteiger charge is 2.63. The average Bonchev–Trinajstić information content (AvgIpc) is 2.99. The molecule has 0 aromatic carbocycles. The van der Waals surface area contributed by atoms with E-state index in [0.29, 0.717) is 31.4 Å². The van der Waals surface area contributed by atoms with Gasteiger partial charge < -0.3 is 19.9 Å². The average molecular weight is 350 g/mol. The lowest BCUT2D eigenvalue weighted by atomic mass is 9.54. The Kier molecular flexibility index (Phi) is 4.90. The summed E-state index contributed by atoms with van der Waals surface area (Å²) in [5, 5.41) is 3.98. The van der Waals surface area contributed by atoms with Crippen molar-refractivity contribution in [3.05, 3.63) is 11.7 Å². The van der Waals surface area contributed by atoms with Gasteiger partial charge in [-0.25, -0.2) is 0 Å². The molecular weight excluding hydrogens is 320 g/mol. The molecule has 140 valence electrons. The number of rotatable bonds is 5. The molecule has 1 saturated carbocycles. The summed E-state index contributed by atoms with van der Waals surface area (Å²) < 4.78 is 10.8. The van der Waals surface area contributed by atoms with Gasteiger partial charge in [-0.3, -0.25) is 4.79 Å². The third-order valence-electron chi connectivity index (χ3n) is 6.06. The van der Waals surface area contributed by atoms with Crippen molar-refractivity contribution in [3.8, 4) is 0 Å². The molecule has 25 heavy (non-hydrogen) atoms. The fraction of sp³-hybridized carbons (Fsp3) is 0.833. The molecule has 3 rings (SSSR count). The zero-order valence-corrected chi connectivity index (χ0v) is 15.7. The monoisotopic (exact) mass is 350 g/mol. The van der Waals surface area contributed by atoms with Crippen LogP contribution in [0.25, 0.3) is 0 Å². The van der Waals surface area contributed by atoms with Gasteiger partial charge in [0.2, 0.25) is 11.8 Å². The van der Waals surface area contributed by atoms with Crippen LogP contribution in [0.4, 0.5) is 0 Å². The number of hydrogen-bond donors (Lipinski definition) is 1. The highest BCUT2D eigenvalue weighted by Crippen LogP contribution is 2.50. The molecular formula is C18H30N4O3. The Bertz CT molecular complexity index is 630. The highest BCUT2D eigenvalue weighted by atomic mass is 16.5. The van der Waals surface area contributed by atoms with Crippen LogP contribution in [-0.4, -0.2) is 52.3 Å². The van der Waals surface area contributed by atoms with Crippen LogP contribution in [0.5, 0.6) is 0 Å². The minimum atomic E-state index is -0.836. The second kappa shape index (κ2) is 6.68. The zero-order valence-electron chi connectivity index (χ0n) is 15.7. The van der Waals surface area contributed by atoms with Crippen LogP contribution < -0.4 is 5.73 Å². The molecule has 7 heteroatoms. The van der Waals surface area contributed by atoms with E-state index < -0.39 is 5.54 Å². The second-order valence-electron chi connectivity index (χ2n) is 8.03. The summed E-state index contributed by atoms with van der Waals surface area (Å²) in [5.74, 6) is 1.71. The van der Waals surface area contributed by atoms with Gasteiger partial charge in [0.25, 0.3) is 0 Å². The Labute approximate surface area is 149 Å². The number of ether oxygens (including phenoxy) is 1. The standard InChI is InChI=1S/C18H30N4O3/c1-5-24-14-10-18(19,17(14,3)4)16(23)22-8-6-7-13(11-22)9-15-20-12(2)25-21-15/h13-14H,5-11,19H2,1-4H3. The summed E-state index contributed by atoms with van der Waals surface area (Å²) in [7, 11) is 0. The lowest BCUT2D eigenvalue weighted by Gasteiger charge is -2.59. The van der Waals surface area contributed by atoms with E-state index in [1.807, 2.05) is 25.7 Å². The first-order chi connectivity index (χ1) is 11.8. The predicted octanol–water partition coefficient (Wildman–Crippen LogP) is 1.69. The van der Waals surface area contributed by atoms with E-state index in [9.17, 15) is 4.79 Å². The maximum Gasteiger partial charge on any atom is 0.243 e. The molecule has 7 nitrogen and oxygen atoms in total. The maximum absolute atomic E-state index is 13.2. The van der Waals surface area contributed by atoms with Crippen molar-refractivity contribution in [2.24, 2.45) is 17.1 Å². The number of carbonyl (C=O) groups is 1. The highest BCUT2D eigenvalue weighted by molar-refractivity contribution is 5.89. The van der Waals surface area contributed by atoms with Gasteiger partial charge in [-0.2, -0.15) is 4.98 Å². The van der Waals surface area contributed by atoms with Crippen LogP contribution in [0.2, 0.25) is 0 Å². The summed E-state index contributed by atoms with van der Waals surface area (Å²) in [6.45, 7) is 9.97. The number of nitrogens with two attached hydrogens (primary N) is 1. The number of hydrogen-bond acceptors (Lipinski definition) is 6. The number of aromatic nitrogens is 2. The van der Waals surface area contributed by atoms with Gasteiger partial charge in [-0.1, -0.05) is 19.0 Å². The van der Waals surface area contributed by atoms with Crippen LogP contribution in [-0.2, 0) is 16.0 Å². The Balaban J connectivity index is 1.64. The van der Waals surface area contributed by atoms with Gasteiger partial charge in [0.1, 0.15) is 5.54 Å². The van der Waals surface area contributed by atoms with Gasteiger partial charge >= 0.3 is 0 Å². The molecule has 1 amide bonds. The number of likely N-dealkylation sites (tertiary alicyclic amines) is 1. The number of amides is 1. The summed E-state index contributed by atoms with van der Waals surface area (Å²) in [6, 6.07) is 0. The van der Waals surface area contributed by atoms with Crippen LogP contribution in [0.15, 0.2) is 4.52 Å². The fourth-order valence-electron chi connectivity index (χ4n) is 4.18. The van der Waals surface area contributed by atoms with Crippen molar-refractivity contribution in [2.45, 2.75) is 65.0 Å². The normalized spacial score (nSPS) is 31.6. The van der Waals surface area contributed by atoms with Crippen molar-refractivity contribution in [3.63, 3.8) is 0 Å². The smallest absolute Gasteiger partial charge is 0.243 e. The Morgan fingerprint density at radius 3 is 2.84 bits per heavy atom. The molecule has 2 fully saturated rings. The molecule has 2 aliphatic rings. The number of carbonyl (C=O) groups excluding carboxylic acids is 1. The maximum atomic E-state index is 13.2. The first kappa shape index (κ1) is 18.3. The van der Waals surface area contributed by atoms with Gasteiger partial charge in [0.15, 0.2) is 5.82 Å². The molecule has 0 bridgehead atoms. The summed E-state index contributed by atoms with van der Waals surface area (Å²) in [5.41, 5.74) is 5.38. The van der Waals surface area contributed by atoms with E-state index in [4.69, 9.17) is 15.0 Å². The van der Waals surface area contributed by atoms with Gasteiger partial charge in [0.05, 0.1) is 6.10 Å². The minimum Gasteiger partial charge on any atom is -0.378 e. The van der Waals surface area contributed by atoms with Gasteiger partial charge in [-0.15, -0.1) is 0 Å². The van der Waals surface area contributed by atoms with E-state index in [2.05, 4.69) is 10.1 Å². The predicted molar refractivity (Wildman–Crippen MR) is 92.8 cm³/mol. The molecule has 3 unspecified atom stereocenters. The van der Waals surface area contributed by atoms with Crippen LogP contribution in [0.1, 0.15) is 51.7 Å². The van der Waals surface area contributed by atoms with Gasteiger partial charge in [0, 0.05) is 44.9 Å². The zero-order chi connectivity index (χ0) is 18.2. The number of piperidine rings is 1. The van der Waals surface area contributed by atoms with E-state index in [1.54, 1.807) is 6.92 Å². The number of aryl methyl sites for hydroxylation is 1. The minimum absolute atomic E-state index is 0.0503. The third kappa shape index (κ3) is 3.19. The van der Waals surface area contributed by atoms with E-state index in [1.165, 1.54) is 0 Å². The van der Waals surface area contributed by atoms with Gasteiger partial charge in [-0.05, 0) is 25.7 Å². The lowest BCUT2D eigenvalue weighted by molar-refractivity contribution is -0.180. The lowest BCUT2D eigenvalue weighted by Crippen LogP contribution is -2.76. The molecule has 0 spiro atoms. The third-order valence-corrected chi connectivity index (χ3v) is 6.06. The first-order valence-corrected chi connectivity index (χ1v) is 9.27. The molecule has 0 radical (unpaired) electrons. The molecule has 3 atom stereocenters. The van der Waals surface area contributed by atoms with Crippen molar-refractivity contribution < 1.29 is 14.1 Å². The second-order valence-corrected chi connectivity index (χ2v) is 8.03. The van der Waals surface area contributed by atoms with Crippen molar-refractivity contribution in [1.82, 2.24) is 15.0 Å². The molecule has 1 aromatic rings. The first-order valence-electron chi connectivity index (χ1n) is 9.27. The molecule has 1 aromatic heterocycles. The van der Waals surface area contributed by atoms with Crippen LogP contribution in [0, 0.1) is 18.3 Å². The molecule has 2 N–H and O–H groups in total. The van der Waals surface area contributed by atoms with E-state index >= 15 is 0 Å². The summed E-state index contributed by atoms with van der Waals surface area (Å²) in [6.07, 6.45) is 3.44. The fourth-order valence-corrected chi connectivity index (χ4v) is 4.18. The van der Waals surface area contributed by atoms with Crippen LogP contribution >= 0.6 is 0 Å². The number of nitrogens with zero attached hydrogens (tertiary/aromatic N) is 3. The van der Waals surface area contributed by atoms with E-state index in [0.717, 1.165) is 31.6 Å². The molecule has 1 saturated heterocycles. The molecule has 1 aliphatic heterocycles. The largest absolute Gasteiger partial charge is 0.378 e. The Hall–Kier alpha value is -1.47. The Morgan fingerprint density at radius 1 is 1.48 bits per heavy atom. The SMILES string of the molecule is CCOC1CC(N)(C(=O)N2CCCC(Cc3noc(C)n3)C2)C1(C)C. The topological polar surface area (TPSA) is 94.5 Å². The quantitative estimate of drug-likeness (QED) is 0.868. The van der Waals surface area contributed by atoms with Crippen molar-refractivity contribution in [1.29, 1.82) is 0 Å². The van der Waals surface area contributed by atoms with Crippen molar-refractivity contribution >= 4 is 5.91 Å². The van der Waals surface area contributed by atoms with E-state index in [-0.39, 0.29) is 17.4 Å². The Morgan fingerprint density at radius 2 is 2.24 bits per heavy atom. The van der Waals surface area contributed by atoms with Crippen LogP contribution in [0.3, 0.4) is 0 Å². The molecule has 1 aliphatic carbocycles. The molecule has 2 heterocycles. The summed E-state index contributed by atoms with van der Waals surface area (Å²) >= 11 is 0.